The van der Waals surface area contributed by atoms with Gasteiger partial charge in [0.1, 0.15) is 0 Å². The smallest absolute Gasteiger partial charge is 0.0286 e. The summed E-state index contributed by atoms with van der Waals surface area (Å²) < 4.78 is 0. The highest BCUT2D eigenvalue weighted by atomic mass is 14.2. The minimum absolute atomic E-state index is 0.975. The Hall–Kier alpha value is -0.520. The van der Waals surface area contributed by atoms with Crippen molar-refractivity contribution in [2.45, 2.75) is 38.5 Å². The molecule has 1 fully saturated rings. The lowest BCUT2D eigenvalue weighted by Crippen LogP contribution is -1.96. The maximum Gasteiger partial charge on any atom is -0.0286 e. The van der Waals surface area contributed by atoms with Crippen LogP contribution in [0.4, 0.5) is 0 Å². The molecule has 0 aromatic heterocycles. The molecule has 0 heteroatoms. The third kappa shape index (κ3) is 1.74. The molecular formula is C11H16. The molecule has 0 nitrogen and oxygen atoms in total. The van der Waals surface area contributed by atoms with Gasteiger partial charge in [0.25, 0.3) is 0 Å². The van der Waals surface area contributed by atoms with Crippen molar-refractivity contribution in [3.63, 3.8) is 0 Å². The summed E-state index contributed by atoms with van der Waals surface area (Å²) in [4.78, 5) is 0. The van der Waals surface area contributed by atoms with E-state index in [1.165, 1.54) is 38.5 Å². The second-order valence-electron chi connectivity index (χ2n) is 3.80. The van der Waals surface area contributed by atoms with Crippen molar-refractivity contribution in [2.75, 3.05) is 0 Å². The largest absolute Gasteiger partial charge is 0.0843 e. The van der Waals surface area contributed by atoms with E-state index in [0.717, 1.165) is 5.92 Å². The Kier molecular flexibility index (Phi) is 2.11. The molecule has 0 radical (unpaired) electrons. The molecule has 0 saturated heterocycles. The Morgan fingerprint density at radius 3 is 3.27 bits per heavy atom. The summed E-state index contributed by atoms with van der Waals surface area (Å²) in [5.41, 5.74) is 1.70. The molecule has 1 saturated carbocycles. The lowest BCUT2D eigenvalue weighted by atomic mass is 9.96. The summed E-state index contributed by atoms with van der Waals surface area (Å²) in [5.74, 6) is 0.975. The van der Waals surface area contributed by atoms with Crippen LogP contribution in [0.3, 0.4) is 0 Å². The minimum atomic E-state index is 0.975. The monoisotopic (exact) mass is 148 g/mol. The third-order valence-corrected chi connectivity index (χ3v) is 2.85. The summed E-state index contributed by atoms with van der Waals surface area (Å²) in [6, 6.07) is 0. The average molecular weight is 148 g/mol. The van der Waals surface area contributed by atoms with Crippen LogP contribution in [0, 0.1) is 5.92 Å². The molecule has 0 aromatic rings. The number of allylic oxidation sites excluding steroid dienone is 4. The Morgan fingerprint density at radius 1 is 1.27 bits per heavy atom. The molecule has 0 amide bonds. The van der Waals surface area contributed by atoms with Gasteiger partial charge in [0.15, 0.2) is 0 Å². The SMILES string of the molecule is C1=CCC2CCCCC(=C1)C2. The van der Waals surface area contributed by atoms with E-state index in [1.54, 1.807) is 5.57 Å². The fourth-order valence-electron chi connectivity index (χ4n) is 2.19. The Morgan fingerprint density at radius 2 is 2.27 bits per heavy atom. The molecule has 11 heavy (non-hydrogen) atoms. The van der Waals surface area contributed by atoms with Gasteiger partial charge in [0, 0.05) is 0 Å². The Balaban J connectivity index is 2.14. The molecule has 0 spiro atoms. The van der Waals surface area contributed by atoms with Gasteiger partial charge in [-0.2, -0.15) is 0 Å². The zero-order valence-corrected chi connectivity index (χ0v) is 7.05. The van der Waals surface area contributed by atoms with Gasteiger partial charge in [0.2, 0.25) is 0 Å². The zero-order chi connectivity index (χ0) is 7.52. The molecular weight excluding hydrogens is 132 g/mol. The first kappa shape index (κ1) is 7.15. The summed E-state index contributed by atoms with van der Waals surface area (Å²) in [5, 5.41) is 0. The molecule has 1 unspecified atom stereocenters. The molecule has 2 aliphatic rings. The first-order valence-electron chi connectivity index (χ1n) is 4.80. The topological polar surface area (TPSA) is 0 Å². The van der Waals surface area contributed by atoms with Crippen LogP contribution < -0.4 is 0 Å². The molecule has 2 rings (SSSR count). The predicted molar refractivity (Wildman–Crippen MR) is 48.4 cm³/mol. The van der Waals surface area contributed by atoms with Gasteiger partial charge in [-0.15, -0.1) is 0 Å². The lowest BCUT2D eigenvalue weighted by Gasteiger charge is -2.09. The highest BCUT2D eigenvalue weighted by Gasteiger charge is 2.14. The van der Waals surface area contributed by atoms with Crippen LogP contribution in [0.2, 0.25) is 0 Å². The molecule has 60 valence electrons. The van der Waals surface area contributed by atoms with Gasteiger partial charge >= 0.3 is 0 Å². The number of fused-ring (bicyclic) bond motifs is 2. The molecule has 0 heterocycles. The fraction of sp³-hybridized carbons (Fsp3) is 0.636. The zero-order valence-electron chi connectivity index (χ0n) is 7.05. The standard InChI is InChI=1S/C11H16/c1-2-6-11-8-4-3-7-10(5-1)9-11/h1-2,5,11H,3-4,6-9H2. The molecule has 1 atom stereocenters. The van der Waals surface area contributed by atoms with E-state index in [1.807, 2.05) is 0 Å². The van der Waals surface area contributed by atoms with Crippen LogP contribution in [0.1, 0.15) is 38.5 Å². The van der Waals surface area contributed by atoms with Crippen LogP contribution in [0.5, 0.6) is 0 Å². The average Bonchev–Trinajstić information content (AvgIpc) is 2.36. The predicted octanol–water partition coefficient (Wildman–Crippen LogP) is 3.45. The van der Waals surface area contributed by atoms with Crippen molar-refractivity contribution in [1.29, 1.82) is 0 Å². The maximum atomic E-state index is 2.34. The van der Waals surface area contributed by atoms with Crippen molar-refractivity contribution >= 4 is 0 Å². The van der Waals surface area contributed by atoms with Crippen molar-refractivity contribution < 1.29 is 0 Å². The van der Waals surface area contributed by atoms with Gasteiger partial charge in [-0.25, -0.2) is 0 Å². The van der Waals surface area contributed by atoms with Crippen LogP contribution in [0.15, 0.2) is 23.8 Å². The molecule has 0 N–H and O–H groups in total. The molecule has 0 aromatic carbocycles. The van der Waals surface area contributed by atoms with E-state index >= 15 is 0 Å². The van der Waals surface area contributed by atoms with Gasteiger partial charge in [-0.05, 0) is 38.0 Å². The van der Waals surface area contributed by atoms with Crippen molar-refractivity contribution in [3.8, 4) is 0 Å². The highest BCUT2D eigenvalue weighted by molar-refractivity contribution is 5.16. The van der Waals surface area contributed by atoms with Crippen molar-refractivity contribution in [2.24, 2.45) is 5.92 Å². The van der Waals surface area contributed by atoms with Gasteiger partial charge < -0.3 is 0 Å². The van der Waals surface area contributed by atoms with Crippen LogP contribution in [-0.2, 0) is 0 Å². The Labute approximate surface area is 69.0 Å². The number of hydrogen-bond acceptors (Lipinski definition) is 0. The van der Waals surface area contributed by atoms with Crippen molar-refractivity contribution in [3.05, 3.63) is 23.8 Å². The molecule has 0 aliphatic heterocycles. The van der Waals surface area contributed by atoms with Gasteiger partial charge in [0.05, 0.1) is 0 Å². The summed E-state index contributed by atoms with van der Waals surface area (Å²) in [7, 11) is 0. The first-order valence-corrected chi connectivity index (χ1v) is 4.80. The summed E-state index contributed by atoms with van der Waals surface area (Å²) in [6.45, 7) is 0. The quantitative estimate of drug-likeness (QED) is 0.493. The maximum absolute atomic E-state index is 2.34. The van der Waals surface area contributed by atoms with E-state index in [9.17, 15) is 0 Å². The summed E-state index contributed by atoms with van der Waals surface area (Å²) >= 11 is 0. The van der Waals surface area contributed by atoms with E-state index in [0.29, 0.717) is 0 Å². The van der Waals surface area contributed by atoms with E-state index in [-0.39, 0.29) is 0 Å². The lowest BCUT2D eigenvalue weighted by molar-refractivity contribution is 0.492. The van der Waals surface area contributed by atoms with Crippen LogP contribution in [0.25, 0.3) is 0 Å². The van der Waals surface area contributed by atoms with E-state index in [4.69, 9.17) is 0 Å². The normalized spacial score (nSPS) is 30.5. The number of rotatable bonds is 0. The van der Waals surface area contributed by atoms with E-state index in [2.05, 4.69) is 18.2 Å². The second kappa shape index (κ2) is 3.25. The van der Waals surface area contributed by atoms with Crippen LogP contribution in [-0.4, -0.2) is 0 Å². The summed E-state index contributed by atoms with van der Waals surface area (Å²) in [6.07, 6.45) is 15.3. The first-order chi connectivity index (χ1) is 5.45. The van der Waals surface area contributed by atoms with E-state index < -0.39 is 0 Å². The van der Waals surface area contributed by atoms with Gasteiger partial charge in [-0.3, -0.25) is 0 Å². The van der Waals surface area contributed by atoms with Gasteiger partial charge in [-0.1, -0.05) is 30.2 Å². The van der Waals surface area contributed by atoms with Crippen LogP contribution >= 0.6 is 0 Å². The Bertz CT molecular complexity index is 186. The third-order valence-electron chi connectivity index (χ3n) is 2.85. The molecule has 2 aliphatic carbocycles. The fourth-order valence-corrected chi connectivity index (χ4v) is 2.19. The molecule has 2 bridgehead atoms. The second-order valence-corrected chi connectivity index (χ2v) is 3.80. The number of hydrogen-bond donors (Lipinski definition) is 0. The van der Waals surface area contributed by atoms with Crippen molar-refractivity contribution in [1.82, 2.24) is 0 Å². The highest BCUT2D eigenvalue weighted by Crippen LogP contribution is 2.31. The minimum Gasteiger partial charge on any atom is -0.0843 e.